The van der Waals surface area contributed by atoms with E-state index in [4.69, 9.17) is 21.5 Å². The lowest BCUT2D eigenvalue weighted by molar-refractivity contribution is -0.138. The second-order valence-corrected chi connectivity index (χ2v) is 9.33. The van der Waals surface area contributed by atoms with Crippen LogP contribution in [0.4, 0.5) is 5.82 Å². The molecule has 8 nitrogen and oxygen atoms in total. The summed E-state index contributed by atoms with van der Waals surface area (Å²) < 4.78 is 1.79. The number of amides is 1. The predicted octanol–water partition coefficient (Wildman–Crippen LogP) is 2.32. The molecule has 1 aromatic carbocycles. The summed E-state index contributed by atoms with van der Waals surface area (Å²) in [5.74, 6) is 0.875. The van der Waals surface area contributed by atoms with E-state index in [-0.39, 0.29) is 30.4 Å². The van der Waals surface area contributed by atoms with Gasteiger partial charge in [0.05, 0.1) is 11.7 Å². The Morgan fingerprint density at radius 1 is 1.33 bits per heavy atom. The molecule has 1 amide bonds. The molecule has 0 spiro atoms. The van der Waals surface area contributed by atoms with Crippen molar-refractivity contribution in [3.05, 3.63) is 58.9 Å². The Balaban J connectivity index is 0.00000259. The molecule has 3 aromatic rings. The molecule has 1 unspecified atom stereocenters. The first-order valence-electron chi connectivity index (χ1n) is 11.3. The van der Waals surface area contributed by atoms with E-state index in [0.717, 1.165) is 59.8 Å². The molecule has 0 bridgehead atoms. The fraction of sp³-hybridized carbons (Fsp3) is 0.458. The predicted molar refractivity (Wildman–Crippen MR) is 132 cm³/mol. The van der Waals surface area contributed by atoms with Crippen molar-refractivity contribution in [2.24, 2.45) is 11.5 Å². The maximum absolute atomic E-state index is 13.5. The van der Waals surface area contributed by atoms with Gasteiger partial charge >= 0.3 is 0 Å². The van der Waals surface area contributed by atoms with Gasteiger partial charge < -0.3 is 21.3 Å². The number of rotatable bonds is 4. The SMILES string of the molecule is Cc1cn2nc([C@H](C)N(C)C(=O)C3(N)CCc4ccccc43)cc2nc1N1CC[C@H](N)C1.Cl. The Kier molecular flexibility index (Phi) is 6.11. The molecule has 1 aliphatic carbocycles. The second-order valence-electron chi connectivity index (χ2n) is 9.33. The number of hydrogen-bond acceptors (Lipinski definition) is 6. The molecule has 2 aliphatic rings. The molecule has 1 saturated heterocycles. The number of nitrogens with two attached hydrogens (primary N) is 2. The van der Waals surface area contributed by atoms with E-state index in [1.807, 2.05) is 51.4 Å². The van der Waals surface area contributed by atoms with Gasteiger partial charge in [-0.3, -0.25) is 4.79 Å². The van der Waals surface area contributed by atoms with Crippen molar-refractivity contribution in [2.75, 3.05) is 25.0 Å². The largest absolute Gasteiger partial charge is 0.355 e. The van der Waals surface area contributed by atoms with Gasteiger partial charge in [0.15, 0.2) is 5.65 Å². The van der Waals surface area contributed by atoms with E-state index in [2.05, 4.69) is 11.0 Å². The Bertz CT molecular complexity index is 1190. The van der Waals surface area contributed by atoms with Gasteiger partial charge in [-0.05, 0) is 44.2 Å². The molecular formula is C24H32ClN7O. The van der Waals surface area contributed by atoms with Crippen LogP contribution in [0.1, 0.15) is 48.2 Å². The van der Waals surface area contributed by atoms with Crippen molar-refractivity contribution in [1.29, 1.82) is 0 Å². The van der Waals surface area contributed by atoms with Gasteiger partial charge in [-0.15, -0.1) is 12.4 Å². The van der Waals surface area contributed by atoms with Crippen LogP contribution < -0.4 is 16.4 Å². The highest BCUT2D eigenvalue weighted by atomic mass is 35.5. The van der Waals surface area contributed by atoms with Crippen LogP contribution in [-0.4, -0.2) is 51.6 Å². The van der Waals surface area contributed by atoms with Gasteiger partial charge in [-0.1, -0.05) is 24.3 Å². The standard InChI is InChI=1S/C24H31N7O.ClH/c1-15-13-31-21(27-22(15)30-11-9-18(25)14-30)12-20(28-31)16(2)29(3)23(32)24(26)10-8-17-6-4-5-7-19(17)24;/h4-7,12-13,16,18H,8-11,14,25-26H2,1-3H3;1H/t16-,18-,24?;/m0./s1. The van der Waals surface area contributed by atoms with Crippen LogP contribution in [0.3, 0.4) is 0 Å². The topological polar surface area (TPSA) is 106 Å². The number of benzene rings is 1. The number of halogens is 1. The lowest BCUT2D eigenvalue weighted by atomic mass is 9.91. The number of fused-ring (bicyclic) bond motifs is 2. The summed E-state index contributed by atoms with van der Waals surface area (Å²) in [6.45, 7) is 5.76. The minimum atomic E-state index is -0.991. The summed E-state index contributed by atoms with van der Waals surface area (Å²) >= 11 is 0. The highest BCUT2D eigenvalue weighted by Gasteiger charge is 2.44. The lowest BCUT2D eigenvalue weighted by Gasteiger charge is -2.33. The number of nitrogens with zero attached hydrogens (tertiary/aromatic N) is 5. The normalized spacial score (nSPS) is 22.8. The number of carbonyl (C=O) groups excluding carboxylic acids is 1. The summed E-state index contributed by atoms with van der Waals surface area (Å²) in [6.07, 6.45) is 4.42. The van der Waals surface area contributed by atoms with Crippen LogP contribution >= 0.6 is 12.4 Å². The monoisotopic (exact) mass is 469 g/mol. The third kappa shape index (κ3) is 3.86. The van der Waals surface area contributed by atoms with Crippen LogP contribution in [0.2, 0.25) is 0 Å². The molecule has 1 fully saturated rings. The van der Waals surface area contributed by atoms with Crippen molar-refractivity contribution < 1.29 is 4.79 Å². The number of hydrogen-bond donors (Lipinski definition) is 2. The van der Waals surface area contributed by atoms with E-state index >= 15 is 0 Å². The first-order valence-corrected chi connectivity index (χ1v) is 11.3. The zero-order valence-electron chi connectivity index (χ0n) is 19.4. The third-order valence-corrected chi connectivity index (χ3v) is 7.15. The van der Waals surface area contributed by atoms with Crippen LogP contribution in [0.25, 0.3) is 5.65 Å². The van der Waals surface area contributed by atoms with Gasteiger partial charge in [0, 0.05) is 44.0 Å². The van der Waals surface area contributed by atoms with Gasteiger partial charge in [-0.2, -0.15) is 5.10 Å². The Labute approximate surface area is 200 Å². The number of likely N-dealkylation sites (N-methyl/N-ethyl adjacent to an activating group) is 1. The summed E-state index contributed by atoms with van der Waals surface area (Å²) in [4.78, 5) is 22.3. The quantitative estimate of drug-likeness (QED) is 0.607. The molecule has 3 atom stereocenters. The molecule has 176 valence electrons. The zero-order valence-corrected chi connectivity index (χ0v) is 20.2. The van der Waals surface area contributed by atoms with Gasteiger partial charge in [0.2, 0.25) is 5.91 Å². The Hall–Kier alpha value is -2.68. The first-order chi connectivity index (χ1) is 15.3. The fourth-order valence-electron chi connectivity index (χ4n) is 5.07. The molecule has 9 heteroatoms. The Morgan fingerprint density at radius 2 is 2.09 bits per heavy atom. The number of anilines is 1. The number of aryl methyl sites for hydroxylation is 2. The van der Waals surface area contributed by atoms with Gasteiger partial charge in [-0.25, -0.2) is 9.50 Å². The number of aromatic nitrogens is 3. The van der Waals surface area contributed by atoms with E-state index in [9.17, 15) is 4.79 Å². The second kappa shape index (κ2) is 8.59. The van der Waals surface area contributed by atoms with Crippen molar-refractivity contribution in [1.82, 2.24) is 19.5 Å². The van der Waals surface area contributed by atoms with Gasteiger partial charge in [0.25, 0.3) is 0 Å². The zero-order chi connectivity index (χ0) is 22.6. The molecular weight excluding hydrogens is 438 g/mol. The van der Waals surface area contributed by atoms with E-state index in [1.165, 1.54) is 0 Å². The highest BCUT2D eigenvalue weighted by Crippen LogP contribution is 2.37. The highest BCUT2D eigenvalue weighted by molar-refractivity contribution is 5.89. The fourth-order valence-corrected chi connectivity index (χ4v) is 5.07. The Morgan fingerprint density at radius 3 is 2.82 bits per heavy atom. The maximum atomic E-state index is 13.5. The molecule has 33 heavy (non-hydrogen) atoms. The molecule has 4 N–H and O–H groups in total. The summed E-state index contributed by atoms with van der Waals surface area (Å²) in [7, 11) is 1.81. The third-order valence-electron chi connectivity index (χ3n) is 7.15. The molecule has 1 aliphatic heterocycles. The minimum absolute atomic E-state index is 0. The minimum Gasteiger partial charge on any atom is -0.355 e. The first kappa shape index (κ1) is 23.5. The molecule has 0 saturated carbocycles. The van der Waals surface area contributed by atoms with E-state index in [0.29, 0.717) is 6.42 Å². The van der Waals surface area contributed by atoms with E-state index < -0.39 is 5.54 Å². The van der Waals surface area contributed by atoms with Crippen molar-refractivity contribution in [3.8, 4) is 0 Å². The lowest BCUT2D eigenvalue weighted by Crippen LogP contribution is -2.51. The molecule has 2 aromatic heterocycles. The summed E-state index contributed by atoms with van der Waals surface area (Å²) in [6, 6.07) is 9.89. The van der Waals surface area contributed by atoms with Crippen LogP contribution in [0, 0.1) is 6.92 Å². The van der Waals surface area contributed by atoms with E-state index in [1.54, 1.807) is 9.42 Å². The van der Waals surface area contributed by atoms with Gasteiger partial charge in [0.1, 0.15) is 11.4 Å². The molecule has 3 heterocycles. The summed E-state index contributed by atoms with van der Waals surface area (Å²) in [5, 5.41) is 4.73. The van der Waals surface area contributed by atoms with Crippen molar-refractivity contribution in [2.45, 2.75) is 50.7 Å². The van der Waals surface area contributed by atoms with Crippen LogP contribution in [0.15, 0.2) is 36.5 Å². The van der Waals surface area contributed by atoms with Crippen LogP contribution in [-0.2, 0) is 16.8 Å². The number of carbonyl (C=O) groups is 1. The average Bonchev–Trinajstić information content (AvgIpc) is 3.49. The molecule has 5 rings (SSSR count). The maximum Gasteiger partial charge on any atom is 0.247 e. The smallest absolute Gasteiger partial charge is 0.247 e. The van der Waals surface area contributed by atoms with Crippen LogP contribution in [0.5, 0.6) is 0 Å². The summed E-state index contributed by atoms with van der Waals surface area (Å²) in [5.41, 5.74) is 16.5. The van der Waals surface area contributed by atoms with Crippen molar-refractivity contribution >= 4 is 29.8 Å². The average molecular weight is 470 g/mol. The van der Waals surface area contributed by atoms with Crippen molar-refractivity contribution in [3.63, 3.8) is 0 Å². The molecule has 0 radical (unpaired) electrons.